The second-order valence-electron chi connectivity index (χ2n) is 3.21. The second-order valence-corrected chi connectivity index (χ2v) is 3.60. The SMILES string of the molecule is COCc1nc(Cl)cc(NCc2ncn[nH]2)n1. The van der Waals surface area contributed by atoms with Crippen LogP contribution in [0.1, 0.15) is 11.6 Å². The monoisotopic (exact) mass is 254 g/mol. The van der Waals surface area contributed by atoms with Crippen molar-refractivity contribution in [2.24, 2.45) is 0 Å². The van der Waals surface area contributed by atoms with Crippen LogP contribution in [-0.2, 0) is 17.9 Å². The van der Waals surface area contributed by atoms with Crippen molar-refractivity contribution in [3.05, 3.63) is 29.2 Å². The number of hydrogen-bond donors (Lipinski definition) is 2. The molecule has 2 heterocycles. The van der Waals surface area contributed by atoms with Gasteiger partial charge in [0, 0.05) is 13.2 Å². The first-order chi connectivity index (χ1) is 8.28. The van der Waals surface area contributed by atoms with Gasteiger partial charge in [-0.15, -0.1) is 0 Å². The molecule has 0 bridgehead atoms. The Morgan fingerprint density at radius 1 is 1.47 bits per heavy atom. The van der Waals surface area contributed by atoms with E-state index in [1.807, 2.05) is 0 Å². The average molecular weight is 255 g/mol. The minimum atomic E-state index is 0.317. The van der Waals surface area contributed by atoms with Gasteiger partial charge in [-0.1, -0.05) is 11.6 Å². The molecular weight excluding hydrogens is 244 g/mol. The highest BCUT2D eigenvalue weighted by Crippen LogP contribution is 2.12. The molecule has 0 fully saturated rings. The molecule has 0 unspecified atom stereocenters. The summed E-state index contributed by atoms with van der Waals surface area (Å²) in [6, 6.07) is 1.64. The highest BCUT2D eigenvalue weighted by atomic mass is 35.5. The Morgan fingerprint density at radius 2 is 2.35 bits per heavy atom. The summed E-state index contributed by atoms with van der Waals surface area (Å²) in [6.07, 6.45) is 1.44. The molecule has 90 valence electrons. The number of rotatable bonds is 5. The molecule has 0 saturated carbocycles. The Bertz CT molecular complexity index is 474. The number of H-pyrrole nitrogens is 1. The summed E-state index contributed by atoms with van der Waals surface area (Å²) in [6.45, 7) is 0.803. The molecule has 0 aromatic carbocycles. The van der Waals surface area contributed by atoms with Crippen molar-refractivity contribution >= 4 is 17.4 Å². The van der Waals surface area contributed by atoms with E-state index in [0.29, 0.717) is 35.8 Å². The van der Waals surface area contributed by atoms with Gasteiger partial charge < -0.3 is 10.1 Å². The zero-order chi connectivity index (χ0) is 12.1. The summed E-state index contributed by atoms with van der Waals surface area (Å²) in [5, 5.41) is 9.91. The molecule has 7 nitrogen and oxygen atoms in total. The van der Waals surface area contributed by atoms with Gasteiger partial charge >= 0.3 is 0 Å². The second kappa shape index (κ2) is 5.55. The van der Waals surface area contributed by atoms with Crippen molar-refractivity contribution in [3.63, 3.8) is 0 Å². The van der Waals surface area contributed by atoms with E-state index >= 15 is 0 Å². The normalized spacial score (nSPS) is 10.5. The van der Waals surface area contributed by atoms with Crippen molar-refractivity contribution in [2.75, 3.05) is 12.4 Å². The summed E-state index contributed by atoms with van der Waals surface area (Å²) in [5.74, 6) is 1.86. The van der Waals surface area contributed by atoms with E-state index < -0.39 is 0 Å². The molecule has 2 aromatic heterocycles. The largest absolute Gasteiger partial charge is 0.377 e. The van der Waals surface area contributed by atoms with E-state index in [0.717, 1.165) is 0 Å². The van der Waals surface area contributed by atoms with E-state index in [1.165, 1.54) is 6.33 Å². The van der Waals surface area contributed by atoms with Gasteiger partial charge in [0.15, 0.2) is 5.82 Å². The molecular formula is C9H11ClN6O. The van der Waals surface area contributed by atoms with E-state index in [1.54, 1.807) is 13.2 Å². The first-order valence-electron chi connectivity index (χ1n) is 4.88. The summed E-state index contributed by atoms with van der Waals surface area (Å²) < 4.78 is 4.95. The van der Waals surface area contributed by atoms with Crippen LogP contribution in [0.2, 0.25) is 5.15 Å². The van der Waals surface area contributed by atoms with E-state index in [2.05, 4.69) is 30.5 Å². The van der Waals surface area contributed by atoms with Gasteiger partial charge in [-0.25, -0.2) is 15.0 Å². The number of hydrogen-bond acceptors (Lipinski definition) is 6. The quantitative estimate of drug-likeness (QED) is 0.774. The van der Waals surface area contributed by atoms with Crippen LogP contribution in [0.5, 0.6) is 0 Å². The highest BCUT2D eigenvalue weighted by Gasteiger charge is 2.03. The third-order valence-electron chi connectivity index (χ3n) is 1.92. The Morgan fingerprint density at radius 3 is 3.06 bits per heavy atom. The van der Waals surface area contributed by atoms with Gasteiger partial charge in [-0.3, -0.25) is 5.10 Å². The minimum absolute atomic E-state index is 0.317. The predicted molar refractivity (Wildman–Crippen MR) is 61.5 cm³/mol. The van der Waals surface area contributed by atoms with Crippen LogP contribution in [0, 0.1) is 0 Å². The van der Waals surface area contributed by atoms with Gasteiger partial charge in [-0.05, 0) is 0 Å². The lowest BCUT2D eigenvalue weighted by Gasteiger charge is -2.05. The van der Waals surface area contributed by atoms with Crippen LogP contribution in [0.15, 0.2) is 12.4 Å². The molecule has 2 N–H and O–H groups in total. The summed E-state index contributed by atoms with van der Waals surface area (Å²) in [5.41, 5.74) is 0. The first-order valence-corrected chi connectivity index (χ1v) is 5.26. The average Bonchev–Trinajstić information content (AvgIpc) is 2.79. The van der Waals surface area contributed by atoms with Gasteiger partial charge in [0.25, 0.3) is 0 Å². The summed E-state index contributed by atoms with van der Waals surface area (Å²) in [4.78, 5) is 12.2. The first kappa shape index (κ1) is 11.7. The Labute approximate surface area is 103 Å². The van der Waals surface area contributed by atoms with Crippen molar-refractivity contribution in [2.45, 2.75) is 13.2 Å². The van der Waals surface area contributed by atoms with Gasteiger partial charge in [0.05, 0.1) is 6.54 Å². The topological polar surface area (TPSA) is 88.6 Å². The number of methoxy groups -OCH3 is 1. The third-order valence-corrected chi connectivity index (χ3v) is 2.11. The van der Waals surface area contributed by atoms with Gasteiger partial charge in [0.1, 0.15) is 29.7 Å². The fourth-order valence-corrected chi connectivity index (χ4v) is 1.44. The zero-order valence-corrected chi connectivity index (χ0v) is 9.90. The van der Waals surface area contributed by atoms with E-state index in [4.69, 9.17) is 16.3 Å². The Hall–Kier alpha value is -1.73. The lowest BCUT2D eigenvalue weighted by Crippen LogP contribution is -2.06. The molecule has 0 saturated heterocycles. The van der Waals surface area contributed by atoms with Crippen molar-refractivity contribution in [1.82, 2.24) is 25.1 Å². The molecule has 0 aliphatic heterocycles. The maximum atomic E-state index is 5.86. The Kier molecular flexibility index (Phi) is 3.84. The van der Waals surface area contributed by atoms with Crippen LogP contribution >= 0.6 is 11.6 Å². The van der Waals surface area contributed by atoms with Crippen molar-refractivity contribution in [1.29, 1.82) is 0 Å². The molecule has 0 aliphatic rings. The fraction of sp³-hybridized carbons (Fsp3) is 0.333. The van der Waals surface area contributed by atoms with Crippen LogP contribution < -0.4 is 5.32 Å². The third kappa shape index (κ3) is 3.36. The van der Waals surface area contributed by atoms with Crippen LogP contribution in [0.25, 0.3) is 0 Å². The zero-order valence-electron chi connectivity index (χ0n) is 9.14. The Balaban J connectivity index is 2.04. The molecule has 8 heteroatoms. The van der Waals surface area contributed by atoms with Gasteiger partial charge in [-0.2, -0.15) is 5.10 Å². The van der Waals surface area contributed by atoms with Crippen LogP contribution in [-0.4, -0.2) is 32.3 Å². The maximum Gasteiger partial charge on any atom is 0.158 e. The summed E-state index contributed by atoms with van der Waals surface area (Å²) in [7, 11) is 1.58. The highest BCUT2D eigenvalue weighted by molar-refractivity contribution is 6.29. The smallest absolute Gasteiger partial charge is 0.158 e. The van der Waals surface area contributed by atoms with Crippen molar-refractivity contribution in [3.8, 4) is 0 Å². The standard InChI is InChI=1S/C9H11ClN6O/c1-17-4-9-14-6(10)2-7(15-9)11-3-8-12-5-13-16-8/h2,5H,3-4H2,1H3,(H,11,14,15)(H,12,13,16). The number of nitrogens with one attached hydrogen (secondary N) is 2. The van der Waals surface area contributed by atoms with E-state index in [-0.39, 0.29) is 0 Å². The van der Waals surface area contributed by atoms with Crippen LogP contribution in [0.4, 0.5) is 5.82 Å². The predicted octanol–water partition coefficient (Wildman–Crippen LogP) is 1.01. The van der Waals surface area contributed by atoms with E-state index in [9.17, 15) is 0 Å². The molecule has 0 spiro atoms. The molecule has 0 aliphatic carbocycles. The lowest BCUT2D eigenvalue weighted by atomic mass is 10.5. The minimum Gasteiger partial charge on any atom is -0.377 e. The molecule has 17 heavy (non-hydrogen) atoms. The number of halogens is 1. The van der Waals surface area contributed by atoms with Crippen molar-refractivity contribution < 1.29 is 4.74 Å². The molecule has 0 radical (unpaired) electrons. The number of ether oxygens (including phenoxy) is 1. The molecule has 0 amide bonds. The maximum absolute atomic E-state index is 5.86. The van der Waals surface area contributed by atoms with Crippen LogP contribution in [0.3, 0.4) is 0 Å². The lowest BCUT2D eigenvalue weighted by molar-refractivity contribution is 0.178. The number of aromatic nitrogens is 5. The van der Waals surface area contributed by atoms with Gasteiger partial charge in [0.2, 0.25) is 0 Å². The molecule has 2 rings (SSSR count). The summed E-state index contributed by atoms with van der Waals surface area (Å²) >= 11 is 5.86. The fourth-order valence-electron chi connectivity index (χ4n) is 1.24. The molecule has 2 aromatic rings. The number of anilines is 1. The number of nitrogens with zero attached hydrogens (tertiary/aromatic N) is 4. The number of aromatic amines is 1. The molecule has 0 atom stereocenters.